The molecule has 0 spiro atoms. The van der Waals surface area contributed by atoms with Crippen molar-refractivity contribution < 1.29 is 42.7 Å². The fourth-order valence-corrected chi connectivity index (χ4v) is 11.0. The number of piperazine rings is 1. The zero-order chi connectivity index (χ0) is 50.8. The van der Waals surface area contributed by atoms with Gasteiger partial charge in [-0.25, -0.2) is 29.1 Å². The molecule has 11 rings (SSSR count). The molecule has 2 fully saturated rings. The zero-order valence-corrected chi connectivity index (χ0v) is 43.1. The van der Waals surface area contributed by atoms with E-state index >= 15 is 0 Å². The molecule has 380 valence electrons. The maximum Gasteiger partial charge on any atom is 0.345 e. The molecule has 19 heteroatoms. The first kappa shape index (κ1) is 50.4. The smallest absolute Gasteiger partial charge is 0.345 e. The molecular formula is C54H54Cl2FN7O8S. The number of fused-ring (bicyclic) bond motifs is 7. The van der Waals surface area contributed by atoms with Crippen molar-refractivity contribution in [2.75, 3.05) is 79.7 Å². The van der Waals surface area contributed by atoms with Crippen LogP contribution in [0.5, 0.6) is 28.9 Å². The van der Waals surface area contributed by atoms with Crippen LogP contribution in [-0.2, 0) is 22.6 Å². The maximum absolute atomic E-state index is 14.4. The SMILES string of the molecule is Cc1c(Cl)c2c(Cl)c(C)c1-c1c(-c3ccc(F)cc3)sc3ncnc(c13)O[C@@H](C(=O)O)Cc1cc(ccc1OCc1ccnc(-c3ccc(OC[C@@H]4CN(C)CCO4)cc3)n1)OC[C@@H](CN1CCN(C)CC1)O2. The fourth-order valence-electron chi connectivity index (χ4n) is 9.34. The van der Waals surface area contributed by atoms with Gasteiger partial charge in [0.15, 0.2) is 11.6 Å². The molecule has 4 bridgehead atoms. The topological polar surface area (TPSA) is 154 Å². The number of nitrogens with zero attached hydrogens (tertiary/aromatic N) is 7. The molecule has 1 N–H and O–H groups in total. The number of hydrogen-bond donors (Lipinski definition) is 1. The number of morpholine rings is 1. The summed E-state index contributed by atoms with van der Waals surface area (Å²) in [7, 11) is 4.18. The van der Waals surface area contributed by atoms with Crippen molar-refractivity contribution in [3.05, 3.63) is 124 Å². The molecule has 2 saturated heterocycles. The Morgan fingerprint density at radius 2 is 1.60 bits per heavy atom. The quantitative estimate of drug-likeness (QED) is 0.131. The summed E-state index contributed by atoms with van der Waals surface area (Å²) < 4.78 is 52.7. The summed E-state index contributed by atoms with van der Waals surface area (Å²) in [5.74, 6) is 0.752. The standard InChI is InChI=1S/C54H54Cl2FN7O8S/c1-31-44-32(2)48(56)49(47(31)55)71-41(26-64-19-17-62(3)18-20-64)29-69-39-13-14-42(70-27-37-15-16-58-51(61-37)34-7-11-38(12-8-34)68-28-40-25-63(4)21-22-67-40)35(23-39)24-43(54(65)66)72-52-46-45(44)50(73-53(46)60-30-59-52)33-5-9-36(57)10-6-33/h5-16,23,30,40-41,43H,17-22,24-29H2,1-4H3,(H,65,66)/t40-,41+,43+/m0/s1. The van der Waals surface area contributed by atoms with Crippen LogP contribution in [0.2, 0.25) is 10.0 Å². The van der Waals surface area contributed by atoms with E-state index in [4.69, 9.17) is 56.6 Å². The van der Waals surface area contributed by atoms with E-state index in [1.807, 2.05) is 38.1 Å². The third kappa shape index (κ3) is 11.3. The average Bonchev–Trinajstić information content (AvgIpc) is 3.78. The van der Waals surface area contributed by atoms with E-state index in [-0.39, 0.29) is 31.6 Å². The summed E-state index contributed by atoms with van der Waals surface area (Å²) in [4.78, 5) is 40.0. The molecule has 73 heavy (non-hydrogen) atoms. The Kier molecular flexibility index (Phi) is 15.3. The lowest BCUT2D eigenvalue weighted by Crippen LogP contribution is -2.49. The summed E-state index contributed by atoms with van der Waals surface area (Å²) in [6.07, 6.45) is 0.830. The average molecular weight is 1050 g/mol. The summed E-state index contributed by atoms with van der Waals surface area (Å²) in [6, 6.07) is 20.8. The molecule has 3 atom stereocenters. The molecule has 7 aromatic rings. The normalized spacial score (nSPS) is 18.9. The molecule has 0 saturated carbocycles. The number of rotatable bonds is 11. The number of aliphatic carboxylic acids is 1. The number of carbonyl (C=O) groups is 1. The van der Waals surface area contributed by atoms with Gasteiger partial charge in [-0.1, -0.05) is 35.3 Å². The summed E-state index contributed by atoms with van der Waals surface area (Å²) in [5.41, 5.74) is 5.13. The van der Waals surface area contributed by atoms with Crippen molar-refractivity contribution in [1.29, 1.82) is 0 Å². The Hall–Kier alpha value is -6.18. The van der Waals surface area contributed by atoms with E-state index < -0.39 is 24.0 Å². The highest BCUT2D eigenvalue weighted by Crippen LogP contribution is 2.53. The van der Waals surface area contributed by atoms with Crippen LogP contribution in [0, 0.1) is 19.7 Å². The van der Waals surface area contributed by atoms with Crippen molar-refractivity contribution in [1.82, 2.24) is 34.6 Å². The third-order valence-corrected chi connectivity index (χ3v) is 15.4. The number of carboxylic acids is 1. The first-order valence-corrected chi connectivity index (χ1v) is 25.6. The van der Waals surface area contributed by atoms with E-state index in [9.17, 15) is 14.3 Å². The Bertz CT molecular complexity index is 3090. The number of ether oxygens (including phenoxy) is 6. The van der Waals surface area contributed by atoms with Gasteiger partial charge in [0.1, 0.15) is 66.3 Å². The second-order valence-corrected chi connectivity index (χ2v) is 20.3. The summed E-state index contributed by atoms with van der Waals surface area (Å²) >= 11 is 16.0. The van der Waals surface area contributed by atoms with E-state index in [1.165, 1.54) is 29.8 Å². The van der Waals surface area contributed by atoms with Crippen molar-refractivity contribution >= 4 is 50.7 Å². The van der Waals surface area contributed by atoms with E-state index in [0.29, 0.717) is 113 Å². The van der Waals surface area contributed by atoms with Crippen molar-refractivity contribution in [3.63, 3.8) is 0 Å². The van der Waals surface area contributed by atoms with Crippen molar-refractivity contribution in [2.24, 2.45) is 0 Å². The molecule has 4 aliphatic rings. The largest absolute Gasteiger partial charge is 0.491 e. The maximum atomic E-state index is 14.4. The van der Waals surface area contributed by atoms with Crippen LogP contribution < -0.4 is 23.7 Å². The lowest BCUT2D eigenvalue weighted by atomic mass is 9.92. The minimum absolute atomic E-state index is 0.00335. The summed E-state index contributed by atoms with van der Waals surface area (Å²) in [6.45, 7) is 10.7. The number of likely N-dealkylation sites (N-methyl/N-ethyl adjacent to an activating group) is 2. The lowest BCUT2D eigenvalue weighted by Gasteiger charge is -2.35. The molecule has 7 heterocycles. The Balaban J connectivity index is 1.000. The predicted molar refractivity (Wildman–Crippen MR) is 278 cm³/mol. The zero-order valence-electron chi connectivity index (χ0n) is 40.8. The van der Waals surface area contributed by atoms with Crippen LogP contribution in [0.25, 0.3) is 43.2 Å². The minimum atomic E-state index is -1.48. The van der Waals surface area contributed by atoms with Gasteiger partial charge in [-0.15, -0.1) is 11.3 Å². The molecule has 4 aliphatic heterocycles. The van der Waals surface area contributed by atoms with Gasteiger partial charge < -0.3 is 43.3 Å². The Morgan fingerprint density at radius 1 is 0.849 bits per heavy atom. The molecule has 0 unspecified atom stereocenters. The minimum Gasteiger partial charge on any atom is -0.491 e. The molecule has 3 aromatic heterocycles. The Labute approximate surface area is 436 Å². The first-order valence-electron chi connectivity index (χ1n) is 24.1. The van der Waals surface area contributed by atoms with Gasteiger partial charge in [0, 0.05) is 80.0 Å². The van der Waals surface area contributed by atoms with E-state index in [0.717, 1.165) is 44.8 Å². The second-order valence-electron chi connectivity index (χ2n) is 18.6. The lowest BCUT2D eigenvalue weighted by molar-refractivity contribution is -0.145. The molecule has 0 radical (unpaired) electrons. The van der Waals surface area contributed by atoms with Gasteiger partial charge in [-0.2, -0.15) is 0 Å². The highest BCUT2D eigenvalue weighted by molar-refractivity contribution is 7.22. The Morgan fingerprint density at radius 3 is 2.34 bits per heavy atom. The van der Waals surface area contributed by atoms with Gasteiger partial charge in [0.25, 0.3) is 0 Å². The number of hydrogen-bond acceptors (Lipinski definition) is 15. The van der Waals surface area contributed by atoms with E-state index in [1.54, 1.807) is 42.6 Å². The van der Waals surface area contributed by atoms with Crippen LogP contribution in [0.15, 0.2) is 85.3 Å². The summed E-state index contributed by atoms with van der Waals surface area (Å²) in [5, 5.41) is 12.0. The number of thiophene rings is 1. The molecule has 0 amide bonds. The number of aromatic nitrogens is 4. The second kappa shape index (κ2) is 22.1. The number of benzene rings is 4. The molecular weight excluding hydrogens is 997 g/mol. The van der Waals surface area contributed by atoms with Crippen molar-refractivity contribution in [3.8, 4) is 61.8 Å². The van der Waals surface area contributed by atoms with Crippen LogP contribution in [-0.4, -0.2) is 144 Å². The molecule has 15 nitrogen and oxygen atoms in total. The monoisotopic (exact) mass is 1050 g/mol. The highest BCUT2D eigenvalue weighted by atomic mass is 35.5. The number of carboxylic acid groups (broad SMARTS) is 1. The van der Waals surface area contributed by atoms with Crippen LogP contribution in [0.4, 0.5) is 4.39 Å². The molecule has 0 aliphatic carbocycles. The predicted octanol–water partition coefficient (Wildman–Crippen LogP) is 9.30. The van der Waals surface area contributed by atoms with Crippen LogP contribution >= 0.6 is 34.5 Å². The fraction of sp³-hybridized carbons (Fsp3) is 0.352. The van der Waals surface area contributed by atoms with Gasteiger partial charge in [-0.05, 0) is 111 Å². The van der Waals surface area contributed by atoms with Gasteiger partial charge in [-0.3, -0.25) is 4.90 Å². The highest BCUT2D eigenvalue weighted by Gasteiger charge is 2.32. The number of halogens is 3. The first-order chi connectivity index (χ1) is 35.3. The van der Waals surface area contributed by atoms with Gasteiger partial charge in [0.05, 0.1) is 27.7 Å². The van der Waals surface area contributed by atoms with Crippen molar-refractivity contribution in [2.45, 2.75) is 45.2 Å². The molecule has 4 aromatic carbocycles. The van der Waals surface area contributed by atoms with Crippen LogP contribution in [0.3, 0.4) is 0 Å². The van der Waals surface area contributed by atoms with E-state index in [2.05, 4.69) is 43.7 Å². The van der Waals surface area contributed by atoms with Crippen LogP contribution in [0.1, 0.15) is 22.4 Å². The van der Waals surface area contributed by atoms with Gasteiger partial charge >= 0.3 is 5.97 Å². The third-order valence-electron chi connectivity index (χ3n) is 13.3. The van der Waals surface area contributed by atoms with Gasteiger partial charge in [0.2, 0.25) is 12.0 Å².